The van der Waals surface area contributed by atoms with Crippen molar-refractivity contribution >= 4 is 11.4 Å². The predicted molar refractivity (Wildman–Crippen MR) is 134 cm³/mol. The molecule has 1 saturated heterocycles. The third kappa shape index (κ3) is 4.78. The fourth-order valence-corrected chi connectivity index (χ4v) is 4.10. The van der Waals surface area contributed by atoms with Crippen molar-refractivity contribution in [2.45, 2.75) is 20.0 Å². The number of aliphatic hydroxyl groups excluding tert-OH is 1. The molecule has 1 aromatic heterocycles. The zero-order valence-corrected chi connectivity index (χ0v) is 20.2. The summed E-state index contributed by atoms with van der Waals surface area (Å²) in [7, 11) is 3.51. The van der Waals surface area contributed by atoms with E-state index in [0.717, 1.165) is 24.3 Å². The van der Waals surface area contributed by atoms with E-state index in [0.29, 0.717) is 48.1 Å². The fraction of sp³-hybridized carbons (Fsp3) is 0.385. The number of methoxy groups -OCH3 is 1. The van der Waals surface area contributed by atoms with Crippen molar-refractivity contribution in [1.29, 1.82) is 0 Å². The quantitative estimate of drug-likeness (QED) is 0.575. The van der Waals surface area contributed by atoms with Crippen molar-refractivity contribution < 1.29 is 14.6 Å². The Hall–Kier alpha value is -3.36. The van der Waals surface area contributed by atoms with Gasteiger partial charge >= 0.3 is 0 Å². The van der Waals surface area contributed by atoms with E-state index >= 15 is 0 Å². The Morgan fingerprint density at radius 2 is 1.94 bits per heavy atom. The molecule has 0 radical (unpaired) electrons. The Kier molecular flexibility index (Phi) is 7.19. The van der Waals surface area contributed by atoms with Crippen LogP contribution in [0.3, 0.4) is 0 Å². The van der Waals surface area contributed by atoms with Gasteiger partial charge in [-0.25, -0.2) is 0 Å². The molecular weight excluding hydrogens is 432 g/mol. The molecule has 2 aromatic carbocycles. The van der Waals surface area contributed by atoms with Crippen molar-refractivity contribution in [3.63, 3.8) is 0 Å². The van der Waals surface area contributed by atoms with Crippen LogP contribution >= 0.6 is 0 Å². The number of rotatable bonds is 7. The van der Waals surface area contributed by atoms with Gasteiger partial charge in [0.2, 0.25) is 0 Å². The zero-order chi connectivity index (χ0) is 24.2. The number of benzene rings is 2. The van der Waals surface area contributed by atoms with Crippen molar-refractivity contribution in [1.82, 2.24) is 9.78 Å². The van der Waals surface area contributed by atoms with Gasteiger partial charge in [0.05, 0.1) is 37.8 Å². The molecule has 0 amide bonds. The van der Waals surface area contributed by atoms with Crippen LogP contribution < -0.4 is 20.1 Å². The molecule has 8 heteroatoms. The van der Waals surface area contributed by atoms with Crippen molar-refractivity contribution in [3.8, 4) is 22.7 Å². The molecule has 1 aliphatic rings. The Morgan fingerprint density at radius 1 is 1.18 bits per heavy atom. The van der Waals surface area contributed by atoms with E-state index in [9.17, 15) is 9.90 Å². The van der Waals surface area contributed by atoms with Crippen molar-refractivity contribution in [2.75, 3.05) is 56.8 Å². The highest BCUT2D eigenvalue weighted by molar-refractivity contribution is 5.66. The number of anilines is 2. The molecule has 0 bridgehead atoms. The van der Waals surface area contributed by atoms with Crippen molar-refractivity contribution in [3.05, 3.63) is 64.4 Å². The number of aromatic nitrogens is 2. The fourth-order valence-electron chi connectivity index (χ4n) is 4.10. The second-order valence-corrected chi connectivity index (χ2v) is 8.40. The van der Waals surface area contributed by atoms with Gasteiger partial charge in [0.15, 0.2) is 0 Å². The van der Waals surface area contributed by atoms with E-state index in [1.807, 2.05) is 67.4 Å². The van der Waals surface area contributed by atoms with Crippen LogP contribution in [-0.2, 0) is 4.74 Å². The van der Waals surface area contributed by atoms with E-state index < -0.39 is 6.10 Å². The molecule has 1 unspecified atom stereocenters. The first-order chi connectivity index (χ1) is 16.4. The summed E-state index contributed by atoms with van der Waals surface area (Å²) in [5, 5.41) is 15.3. The number of nitrogens with zero attached hydrogens (tertiary/aromatic N) is 4. The van der Waals surface area contributed by atoms with Crippen LogP contribution in [0.1, 0.15) is 25.5 Å². The van der Waals surface area contributed by atoms with Crippen LogP contribution in [-0.4, -0.2) is 61.9 Å². The highest BCUT2D eigenvalue weighted by atomic mass is 16.5. The summed E-state index contributed by atoms with van der Waals surface area (Å²) in [6, 6.07) is 15.2. The molecule has 34 heavy (non-hydrogen) atoms. The largest absolute Gasteiger partial charge is 0.497 e. The van der Waals surface area contributed by atoms with Gasteiger partial charge in [-0.1, -0.05) is 18.2 Å². The Bertz CT molecular complexity index is 1200. The Labute approximate surface area is 200 Å². The first kappa shape index (κ1) is 23.8. The first-order valence-corrected chi connectivity index (χ1v) is 11.6. The molecule has 1 fully saturated rings. The normalized spacial score (nSPS) is 14.7. The van der Waals surface area contributed by atoms with Crippen LogP contribution in [0.4, 0.5) is 11.4 Å². The average molecular weight is 465 g/mol. The predicted octanol–water partition coefficient (Wildman–Crippen LogP) is 3.25. The maximum Gasteiger partial charge on any atom is 0.295 e. The molecule has 4 rings (SSSR count). The molecule has 1 atom stereocenters. The number of hydrogen-bond acceptors (Lipinski definition) is 7. The van der Waals surface area contributed by atoms with Crippen LogP contribution in [0.2, 0.25) is 0 Å². The van der Waals surface area contributed by atoms with Gasteiger partial charge in [-0.05, 0) is 44.2 Å². The number of hydrogen-bond donors (Lipinski definition) is 1. The van der Waals surface area contributed by atoms with Crippen LogP contribution in [0, 0.1) is 0 Å². The SMILES string of the molecule is CCN(C)c1cc(-c2cccc(OC)c2)nn(-c2cc(N3CCOCC3)ccc2C(C)O)c1=O. The Morgan fingerprint density at radius 3 is 2.62 bits per heavy atom. The molecular formula is C26H32N4O4. The smallest absolute Gasteiger partial charge is 0.295 e. The van der Waals surface area contributed by atoms with E-state index in [-0.39, 0.29) is 5.56 Å². The number of aliphatic hydroxyl groups is 1. The Balaban J connectivity index is 1.94. The molecule has 0 spiro atoms. The lowest BCUT2D eigenvalue weighted by Crippen LogP contribution is -2.36. The standard InChI is InChI=1S/C26H32N4O4/c1-5-28(3)25-17-23(19-7-6-8-21(15-19)33-4)27-30(26(25)32)24-16-20(9-10-22(24)18(2)31)29-11-13-34-14-12-29/h6-10,15-18,31H,5,11-14H2,1-4H3. The minimum Gasteiger partial charge on any atom is -0.497 e. The van der Waals surface area contributed by atoms with Gasteiger partial charge in [0.1, 0.15) is 11.4 Å². The lowest BCUT2D eigenvalue weighted by Gasteiger charge is -2.30. The summed E-state index contributed by atoms with van der Waals surface area (Å²) in [4.78, 5) is 17.8. The summed E-state index contributed by atoms with van der Waals surface area (Å²) < 4.78 is 12.3. The summed E-state index contributed by atoms with van der Waals surface area (Å²) in [5.74, 6) is 0.710. The number of ether oxygens (including phenoxy) is 2. The maximum absolute atomic E-state index is 13.7. The van der Waals surface area contributed by atoms with E-state index in [1.54, 1.807) is 14.0 Å². The van der Waals surface area contributed by atoms with E-state index in [4.69, 9.17) is 14.6 Å². The van der Waals surface area contributed by atoms with E-state index in [1.165, 1.54) is 4.68 Å². The molecule has 2 heterocycles. The molecule has 3 aromatic rings. The monoisotopic (exact) mass is 464 g/mol. The van der Waals surface area contributed by atoms with Crippen LogP contribution in [0.5, 0.6) is 5.75 Å². The molecule has 1 N–H and O–H groups in total. The first-order valence-electron chi connectivity index (χ1n) is 11.6. The van der Waals surface area contributed by atoms with Gasteiger partial charge in [-0.3, -0.25) is 4.79 Å². The van der Waals surface area contributed by atoms with Gasteiger partial charge in [0.25, 0.3) is 5.56 Å². The third-order valence-electron chi connectivity index (χ3n) is 6.21. The van der Waals surface area contributed by atoms with E-state index in [2.05, 4.69) is 4.90 Å². The summed E-state index contributed by atoms with van der Waals surface area (Å²) in [6.07, 6.45) is -0.768. The molecule has 180 valence electrons. The third-order valence-corrected chi connectivity index (χ3v) is 6.21. The summed E-state index contributed by atoms with van der Waals surface area (Å²) in [6.45, 7) is 7.20. The van der Waals surface area contributed by atoms with Gasteiger partial charge in [-0.2, -0.15) is 9.78 Å². The molecule has 1 aliphatic heterocycles. The van der Waals surface area contributed by atoms with Gasteiger partial charge in [0, 0.05) is 43.5 Å². The molecule has 8 nitrogen and oxygen atoms in total. The minimum atomic E-state index is -0.768. The van der Waals surface area contributed by atoms with Gasteiger partial charge in [-0.15, -0.1) is 0 Å². The highest BCUT2D eigenvalue weighted by Crippen LogP contribution is 2.29. The molecule has 0 saturated carbocycles. The second kappa shape index (κ2) is 10.3. The lowest BCUT2D eigenvalue weighted by molar-refractivity contribution is 0.122. The maximum atomic E-state index is 13.7. The lowest BCUT2D eigenvalue weighted by atomic mass is 10.1. The minimum absolute atomic E-state index is 0.239. The average Bonchev–Trinajstić information content (AvgIpc) is 2.88. The van der Waals surface area contributed by atoms with Crippen molar-refractivity contribution in [2.24, 2.45) is 0 Å². The topological polar surface area (TPSA) is 80.1 Å². The van der Waals surface area contributed by atoms with Gasteiger partial charge < -0.3 is 24.4 Å². The number of morpholine rings is 1. The second-order valence-electron chi connectivity index (χ2n) is 8.40. The zero-order valence-electron chi connectivity index (χ0n) is 20.2. The van der Waals surface area contributed by atoms with Crippen LogP contribution in [0.25, 0.3) is 16.9 Å². The molecule has 0 aliphatic carbocycles. The highest BCUT2D eigenvalue weighted by Gasteiger charge is 2.20. The summed E-state index contributed by atoms with van der Waals surface area (Å²) in [5.41, 5.74) is 3.94. The summed E-state index contributed by atoms with van der Waals surface area (Å²) >= 11 is 0. The van der Waals surface area contributed by atoms with Crippen LogP contribution in [0.15, 0.2) is 53.3 Å².